The minimum absolute atomic E-state index is 0.0525. The van der Waals surface area contributed by atoms with Crippen LogP contribution in [0.3, 0.4) is 0 Å². The molecule has 1 atom stereocenters. The fourth-order valence-corrected chi connectivity index (χ4v) is 2.51. The molecule has 0 saturated carbocycles. The lowest BCUT2D eigenvalue weighted by Crippen LogP contribution is -2.39. The van der Waals surface area contributed by atoms with E-state index in [4.69, 9.17) is 5.73 Å². The Bertz CT molecular complexity index is 462. The molecule has 0 aromatic heterocycles. The van der Waals surface area contributed by atoms with Gasteiger partial charge in [-0.25, -0.2) is 0 Å². The first-order valence-electron chi connectivity index (χ1n) is 6.61. The minimum Gasteiger partial charge on any atom is -0.508 e. The molecule has 5 nitrogen and oxygen atoms in total. The van der Waals surface area contributed by atoms with Gasteiger partial charge in [-0.15, -0.1) is 0 Å². The van der Waals surface area contributed by atoms with Crippen molar-refractivity contribution in [1.82, 2.24) is 10.2 Å². The summed E-state index contributed by atoms with van der Waals surface area (Å²) < 4.78 is 0. The highest BCUT2D eigenvalue weighted by atomic mass is 16.3. The van der Waals surface area contributed by atoms with Gasteiger partial charge in [0.1, 0.15) is 5.75 Å². The number of nitrogen functional groups attached to an aromatic ring is 1. The first kappa shape index (κ1) is 13.7. The fourth-order valence-electron chi connectivity index (χ4n) is 2.51. The van der Waals surface area contributed by atoms with Crippen molar-refractivity contribution < 1.29 is 9.90 Å². The zero-order valence-electron chi connectivity index (χ0n) is 11.2. The third-order valence-corrected chi connectivity index (χ3v) is 3.55. The number of benzene rings is 1. The van der Waals surface area contributed by atoms with Gasteiger partial charge >= 0.3 is 0 Å². The molecule has 1 heterocycles. The molecule has 0 spiro atoms. The van der Waals surface area contributed by atoms with Gasteiger partial charge < -0.3 is 21.1 Å². The summed E-state index contributed by atoms with van der Waals surface area (Å²) in [5.41, 5.74) is 6.46. The van der Waals surface area contributed by atoms with Crippen LogP contribution in [0.15, 0.2) is 18.2 Å². The summed E-state index contributed by atoms with van der Waals surface area (Å²) in [6.45, 7) is 2.79. The summed E-state index contributed by atoms with van der Waals surface area (Å²) in [6.07, 6.45) is 2.31. The predicted molar refractivity (Wildman–Crippen MR) is 75.1 cm³/mol. The smallest absolute Gasteiger partial charge is 0.253 e. The summed E-state index contributed by atoms with van der Waals surface area (Å²) in [5, 5.41) is 12.3. The van der Waals surface area contributed by atoms with Crippen LogP contribution in [0.2, 0.25) is 0 Å². The van der Waals surface area contributed by atoms with Crippen LogP contribution in [-0.2, 0) is 0 Å². The molecule has 104 valence electrons. The monoisotopic (exact) mass is 263 g/mol. The molecule has 1 aliphatic rings. The number of carbonyl (C=O) groups is 1. The number of nitrogens with two attached hydrogens (primary N) is 1. The van der Waals surface area contributed by atoms with Gasteiger partial charge in [-0.2, -0.15) is 0 Å². The van der Waals surface area contributed by atoms with Crippen molar-refractivity contribution in [2.24, 2.45) is 5.92 Å². The molecule has 1 aromatic carbocycles. The van der Waals surface area contributed by atoms with Crippen LogP contribution in [0, 0.1) is 5.92 Å². The largest absolute Gasteiger partial charge is 0.508 e. The maximum absolute atomic E-state index is 12.0. The summed E-state index contributed by atoms with van der Waals surface area (Å²) in [4.78, 5) is 14.3. The molecule has 1 amide bonds. The number of nitrogens with zero attached hydrogens (tertiary/aromatic N) is 1. The third-order valence-electron chi connectivity index (χ3n) is 3.55. The SMILES string of the molecule is CN1CCCC(CNC(=O)c2cc(O)ccc2N)C1. The standard InChI is InChI=1S/C14H21N3O2/c1-17-6-2-3-10(9-17)8-16-14(19)12-7-11(18)4-5-13(12)15/h4-5,7,10,18H,2-3,6,8-9,15H2,1H3,(H,16,19). The van der Waals surface area contributed by atoms with Crippen molar-refractivity contribution in [3.63, 3.8) is 0 Å². The van der Waals surface area contributed by atoms with Crippen LogP contribution < -0.4 is 11.1 Å². The Kier molecular flexibility index (Phi) is 4.27. The third kappa shape index (κ3) is 3.61. The molecule has 1 aliphatic heterocycles. The van der Waals surface area contributed by atoms with Crippen LogP contribution >= 0.6 is 0 Å². The van der Waals surface area contributed by atoms with Crippen LogP contribution in [0.4, 0.5) is 5.69 Å². The second kappa shape index (κ2) is 5.93. The van der Waals surface area contributed by atoms with Crippen molar-refractivity contribution >= 4 is 11.6 Å². The zero-order chi connectivity index (χ0) is 13.8. The van der Waals surface area contributed by atoms with Crippen LogP contribution in [0.5, 0.6) is 5.75 Å². The average Bonchev–Trinajstić information content (AvgIpc) is 2.39. The van der Waals surface area contributed by atoms with E-state index in [0.29, 0.717) is 23.7 Å². The number of phenolic OH excluding ortho intramolecular Hbond substituents is 1. The van der Waals surface area contributed by atoms with Crippen molar-refractivity contribution in [2.75, 3.05) is 32.4 Å². The molecular weight excluding hydrogens is 242 g/mol. The van der Waals surface area contributed by atoms with Crippen molar-refractivity contribution in [1.29, 1.82) is 0 Å². The van der Waals surface area contributed by atoms with Gasteiger partial charge in [0, 0.05) is 18.8 Å². The second-order valence-electron chi connectivity index (χ2n) is 5.25. The highest BCUT2D eigenvalue weighted by Crippen LogP contribution is 2.19. The van der Waals surface area contributed by atoms with Gasteiger partial charge in [0.25, 0.3) is 5.91 Å². The number of amides is 1. The number of nitrogens with one attached hydrogen (secondary N) is 1. The van der Waals surface area contributed by atoms with Gasteiger partial charge in [-0.1, -0.05) is 0 Å². The van der Waals surface area contributed by atoms with E-state index in [9.17, 15) is 9.90 Å². The van der Waals surface area contributed by atoms with Gasteiger partial charge in [-0.05, 0) is 50.6 Å². The van der Waals surface area contributed by atoms with Crippen molar-refractivity contribution in [3.05, 3.63) is 23.8 Å². The number of phenols is 1. The number of carbonyl (C=O) groups excluding carboxylic acids is 1. The van der Waals surface area contributed by atoms with E-state index in [0.717, 1.165) is 19.5 Å². The van der Waals surface area contributed by atoms with E-state index in [-0.39, 0.29) is 11.7 Å². The molecule has 2 rings (SSSR count). The fraction of sp³-hybridized carbons (Fsp3) is 0.500. The van der Waals surface area contributed by atoms with Gasteiger partial charge in [0.15, 0.2) is 0 Å². The topological polar surface area (TPSA) is 78.6 Å². The lowest BCUT2D eigenvalue weighted by molar-refractivity contribution is 0.0937. The Morgan fingerprint density at radius 1 is 1.58 bits per heavy atom. The Hall–Kier alpha value is -1.75. The average molecular weight is 263 g/mol. The van der Waals surface area contributed by atoms with Gasteiger partial charge in [0.05, 0.1) is 5.56 Å². The molecule has 5 heteroatoms. The number of likely N-dealkylation sites (tertiary alicyclic amines) is 1. The van der Waals surface area contributed by atoms with Crippen LogP contribution in [0.1, 0.15) is 23.2 Å². The molecule has 1 unspecified atom stereocenters. The molecule has 19 heavy (non-hydrogen) atoms. The molecule has 0 aliphatic carbocycles. The molecule has 0 bridgehead atoms. The van der Waals surface area contributed by atoms with Crippen LogP contribution in [0.25, 0.3) is 0 Å². The molecular formula is C14H21N3O2. The second-order valence-corrected chi connectivity index (χ2v) is 5.25. The molecule has 1 aromatic rings. The summed E-state index contributed by atoms with van der Waals surface area (Å²) >= 11 is 0. The summed E-state index contributed by atoms with van der Waals surface area (Å²) in [6, 6.07) is 4.42. The molecule has 1 fully saturated rings. The van der Waals surface area contributed by atoms with E-state index < -0.39 is 0 Å². The number of piperidine rings is 1. The normalized spacial score (nSPS) is 20.2. The lowest BCUT2D eigenvalue weighted by atomic mass is 9.98. The summed E-state index contributed by atoms with van der Waals surface area (Å²) in [7, 11) is 2.10. The quantitative estimate of drug-likeness (QED) is 0.562. The molecule has 4 N–H and O–H groups in total. The number of anilines is 1. The van der Waals surface area contributed by atoms with Crippen molar-refractivity contribution in [3.8, 4) is 5.75 Å². The highest BCUT2D eigenvalue weighted by Gasteiger charge is 2.18. The predicted octanol–water partition coefficient (Wildman–Crippen LogP) is 1.05. The maximum atomic E-state index is 12.0. The first-order chi connectivity index (χ1) is 9.06. The van der Waals surface area contributed by atoms with Gasteiger partial charge in [-0.3, -0.25) is 4.79 Å². The van der Waals surface area contributed by atoms with Gasteiger partial charge in [0.2, 0.25) is 0 Å². The Morgan fingerprint density at radius 2 is 2.37 bits per heavy atom. The van der Waals surface area contributed by atoms with Crippen molar-refractivity contribution in [2.45, 2.75) is 12.8 Å². The maximum Gasteiger partial charge on any atom is 0.253 e. The van der Waals surface area contributed by atoms with E-state index in [2.05, 4.69) is 17.3 Å². The number of hydrogen-bond acceptors (Lipinski definition) is 4. The Morgan fingerprint density at radius 3 is 3.11 bits per heavy atom. The Labute approximate surface area is 113 Å². The minimum atomic E-state index is -0.221. The number of rotatable bonds is 3. The number of aromatic hydroxyl groups is 1. The van der Waals surface area contributed by atoms with E-state index >= 15 is 0 Å². The van der Waals surface area contributed by atoms with Crippen LogP contribution in [-0.4, -0.2) is 42.6 Å². The van der Waals surface area contributed by atoms with E-state index in [1.165, 1.54) is 18.6 Å². The van der Waals surface area contributed by atoms with E-state index in [1.807, 2.05) is 0 Å². The summed E-state index contributed by atoms with van der Waals surface area (Å²) in [5.74, 6) is 0.319. The highest BCUT2D eigenvalue weighted by molar-refractivity contribution is 5.99. The molecule has 1 saturated heterocycles. The zero-order valence-corrected chi connectivity index (χ0v) is 11.2. The van der Waals surface area contributed by atoms with E-state index in [1.54, 1.807) is 6.07 Å². The molecule has 0 radical (unpaired) electrons. The number of hydrogen-bond donors (Lipinski definition) is 3. The lowest BCUT2D eigenvalue weighted by Gasteiger charge is -2.29. The first-order valence-corrected chi connectivity index (χ1v) is 6.61. The Balaban J connectivity index is 1.92.